The van der Waals surface area contributed by atoms with Crippen LogP contribution in [0.4, 0.5) is 0 Å². The van der Waals surface area contributed by atoms with E-state index in [-0.39, 0.29) is 103 Å². The molecule has 0 unspecified atom stereocenters. The summed E-state index contributed by atoms with van der Waals surface area (Å²) in [5.74, 6) is 0. The van der Waals surface area contributed by atoms with Crippen LogP contribution in [0, 0.1) is 0 Å². The van der Waals surface area contributed by atoms with Gasteiger partial charge in [0.1, 0.15) is 0 Å². The summed E-state index contributed by atoms with van der Waals surface area (Å²) in [6.07, 6.45) is 0. The van der Waals surface area contributed by atoms with Gasteiger partial charge in [-0.1, -0.05) is 0 Å². The van der Waals surface area contributed by atoms with E-state index in [1.807, 2.05) is 0 Å². The topological polar surface area (TPSA) is 57.5 Å². The van der Waals surface area contributed by atoms with Gasteiger partial charge in [-0.25, -0.2) is 0 Å². The first-order valence-corrected chi connectivity index (χ1v) is 5.35. The van der Waals surface area contributed by atoms with Gasteiger partial charge in [-0.05, 0) is 0 Å². The minimum Gasteiger partial charge on any atom is 0 e. The van der Waals surface area contributed by atoms with Crippen molar-refractivity contribution in [2.75, 3.05) is 0 Å². The molecule has 0 rings (SSSR count). The molecule has 34 valence electrons. The van der Waals surface area contributed by atoms with Crippen molar-refractivity contribution in [3.05, 3.63) is 0 Å². The molecule has 2 N–H and O–H groups in total. The Kier molecular flexibility index (Phi) is 18.5. The van der Waals surface area contributed by atoms with Crippen LogP contribution in [0.25, 0.3) is 0 Å². The molecule has 0 amide bonds. The molecule has 0 saturated carbocycles. The summed E-state index contributed by atoms with van der Waals surface area (Å²) in [4.78, 5) is 0. The van der Waals surface area contributed by atoms with E-state index < -0.39 is 14.2 Å². The van der Waals surface area contributed by atoms with Crippen LogP contribution in [0.3, 0.4) is 0 Å². The molecule has 0 bridgehead atoms. The van der Waals surface area contributed by atoms with Crippen LogP contribution >= 0.6 is 0 Å². The third kappa shape index (κ3) is 43.2. The summed E-state index contributed by atoms with van der Waals surface area (Å²) in [6, 6.07) is 0. The van der Waals surface area contributed by atoms with E-state index in [2.05, 4.69) is 0 Å². The van der Waals surface area contributed by atoms with Crippen molar-refractivity contribution >= 4 is 117 Å². The quantitative estimate of drug-likeness (QED) is 0.472. The molecule has 0 aromatic heterocycles. The van der Waals surface area contributed by atoms with Crippen LogP contribution in [-0.2, 0) is 3.74 Å². The van der Waals surface area contributed by atoms with Crippen LogP contribution in [0.5, 0.6) is 0 Å². The molecular weight excluding hydrogens is 213 g/mol. The molecular formula is CH5AsK2O3. The smallest absolute Gasteiger partial charge is 0 e. The van der Waals surface area contributed by atoms with Gasteiger partial charge in [-0.2, -0.15) is 0 Å². The molecule has 2 radical (unpaired) electrons. The molecule has 0 aromatic carbocycles. The predicted octanol–water partition coefficient (Wildman–Crippen LogP) is -1.79. The van der Waals surface area contributed by atoms with Gasteiger partial charge in [-0.3, -0.25) is 0 Å². The van der Waals surface area contributed by atoms with Crippen molar-refractivity contribution in [3.63, 3.8) is 0 Å². The molecule has 7 heavy (non-hydrogen) atoms. The first kappa shape index (κ1) is 16.9. The first-order chi connectivity index (χ1) is 2.00. The number of rotatable bonds is 0. The van der Waals surface area contributed by atoms with Gasteiger partial charge in [0, 0.05) is 103 Å². The zero-order valence-electron chi connectivity index (χ0n) is 4.75. The van der Waals surface area contributed by atoms with Gasteiger partial charge in [0.2, 0.25) is 0 Å². The molecule has 0 spiro atoms. The average Bonchev–Trinajstić information content (AvgIpc) is 0.722. The fourth-order valence-corrected chi connectivity index (χ4v) is 0. The Morgan fingerprint density at radius 2 is 1.29 bits per heavy atom. The Morgan fingerprint density at radius 1 is 1.29 bits per heavy atom. The first-order valence-electron chi connectivity index (χ1n) is 1.03. The van der Waals surface area contributed by atoms with Crippen molar-refractivity contribution in [2.45, 2.75) is 5.71 Å². The summed E-state index contributed by atoms with van der Waals surface area (Å²) >= 11 is -4.12. The van der Waals surface area contributed by atoms with Crippen molar-refractivity contribution < 1.29 is 11.9 Å². The fraction of sp³-hybridized carbons (Fsp3) is 1.00. The van der Waals surface area contributed by atoms with Gasteiger partial charge in [0.15, 0.2) is 0 Å². The molecule has 0 fully saturated rings. The Hall–Kier alpha value is 3.55. The average molecular weight is 218 g/mol. The third-order valence-electron chi connectivity index (χ3n) is 0. The normalized spacial score (nSPS) is 8.43. The maximum atomic E-state index is 9.39. The maximum Gasteiger partial charge on any atom is 0 e. The van der Waals surface area contributed by atoms with Crippen LogP contribution < -0.4 is 0 Å². The van der Waals surface area contributed by atoms with Gasteiger partial charge < -0.3 is 0 Å². The maximum absolute atomic E-state index is 9.39. The second-order valence-corrected chi connectivity index (χ2v) is 4.34. The van der Waals surface area contributed by atoms with Gasteiger partial charge in [0.05, 0.1) is 0 Å². The zero-order valence-corrected chi connectivity index (χ0v) is 12.9. The molecule has 3 nitrogen and oxygen atoms in total. The largest absolute Gasteiger partial charge is 0 e. The summed E-state index contributed by atoms with van der Waals surface area (Å²) in [5, 5.41) is 0. The number of hydrogen-bond donors (Lipinski definition) is 2. The van der Waals surface area contributed by atoms with E-state index in [1.165, 1.54) is 0 Å². The third-order valence-corrected chi connectivity index (χ3v) is 0. The van der Waals surface area contributed by atoms with Crippen molar-refractivity contribution in [3.8, 4) is 0 Å². The Balaban J connectivity index is -0.0000000800. The fourth-order valence-electron chi connectivity index (χ4n) is 0. The van der Waals surface area contributed by atoms with E-state index in [4.69, 9.17) is 8.19 Å². The van der Waals surface area contributed by atoms with E-state index in [0.717, 1.165) is 5.71 Å². The Labute approximate surface area is 130 Å². The van der Waals surface area contributed by atoms with E-state index >= 15 is 0 Å². The molecule has 0 aliphatic rings. The minimum atomic E-state index is -4.12. The Bertz CT molecular complexity index is 59.1. The van der Waals surface area contributed by atoms with Gasteiger partial charge >= 0.3 is 31.8 Å². The summed E-state index contributed by atoms with van der Waals surface area (Å²) in [6.45, 7) is 0. The molecule has 0 atom stereocenters. The van der Waals surface area contributed by atoms with Crippen LogP contribution in [0.1, 0.15) is 0 Å². The van der Waals surface area contributed by atoms with Crippen LogP contribution in [-0.4, -0.2) is 125 Å². The van der Waals surface area contributed by atoms with Crippen LogP contribution in [0.15, 0.2) is 0 Å². The number of hydrogen-bond acceptors (Lipinski definition) is 1. The van der Waals surface area contributed by atoms with Crippen molar-refractivity contribution in [1.82, 2.24) is 0 Å². The Morgan fingerprint density at radius 3 is 1.29 bits per heavy atom. The minimum absolute atomic E-state index is 0. The summed E-state index contributed by atoms with van der Waals surface area (Å²) in [7, 11) is 0. The molecule has 6 heteroatoms. The summed E-state index contributed by atoms with van der Waals surface area (Å²) < 4.78 is 24.8. The second kappa shape index (κ2) is 7.66. The van der Waals surface area contributed by atoms with E-state index in [9.17, 15) is 3.74 Å². The molecule has 0 aliphatic carbocycles. The van der Waals surface area contributed by atoms with E-state index in [1.54, 1.807) is 0 Å². The zero-order chi connectivity index (χ0) is 4.50. The van der Waals surface area contributed by atoms with E-state index in [0.29, 0.717) is 0 Å². The van der Waals surface area contributed by atoms with Crippen molar-refractivity contribution in [2.24, 2.45) is 0 Å². The van der Waals surface area contributed by atoms with Crippen molar-refractivity contribution in [1.29, 1.82) is 0 Å². The van der Waals surface area contributed by atoms with Gasteiger partial charge in [-0.15, -0.1) is 0 Å². The standard InChI is InChI=1S/CH5AsO3.2K/c1-2(3,4)5;;/h1H3,(H2,3,4,5);;. The van der Waals surface area contributed by atoms with Gasteiger partial charge in [0.25, 0.3) is 0 Å². The molecule has 0 aromatic rings. The second-order valence-electron chi connectivity index (χ2n) is 0.835. The molecule has 0 saturated heterocycles. The molecule has 0 heterocycles. The SMILES string of the molecule is C[As](=O)(O)O.[K].[K]. The molecule has 0 aliphatic heterocycles. The summed E-state index contributed by atoms with van der Waals surface area (Å²) in [5.41, 5.74) is 0.915. The van der Waals surface area contributed by atoms with Crippen LogP contribution in [0.2, 0.25) is 5.71 Å². The monoisotopic (exact) mass is 218 g/mol. The predicted molar refractivity (Wildman–Crippen MR) is 28.3 cm³/mol.